The molecule has 2 aromatic carbocycles. The fourth-order valence-electron chi connectivity index (χ4n) is 3.96. The number of oxime groups is 1. The third-order valence-electron chi connectivity index (χ3n) is 5.39. The molecule has 0 aromatic heterocycles. The van der Waals surface area contributed by atoms with Gasteiger partial charge in [-0.25, -0.2) is 0 Å². The molecular formula is C21H23NO2. The van der Waals surface area contributed by atoms with Crippen LogP contribution in [0.4, 0.5) is 0 Å². The predicted molar refractivity (Wildman–Crippen MR) is 94.8 cm³/mol. The second-order valence-electron chi connectivity index (χ2n) is 6.90. The summed E-state index contributed by atoms with van der Waals surface area (Å²) in [4.78, 5) is 5.82. The van der Waals surface area contributed by atoms with Gasteiger partial charge in [-0.1, -0.05) is 65.8 Å². The molecule has 0 spiro atoms. The van der Waals surface area contributed by atoms with Crippen LogP contribution in [0.1, 0.15) is 37.3 Å². The molecule has 1 aliphatic carbocycles. The van der Waals surface area contributed by atoms with Gasteiger partial charge >= 0.3 is 0 Å². The highest BCUT2D eigenvalue weighted by molar-refractivity contribution is 6.06. The van der Waals surface area contributed by atoms with E-state index in [-0.39, 0.29) is 17.6 Å². The number of nitrogens with zero attached hydrogens (tertiary/aromatic N) is 1. The normalized spacial score (nSPS) is 28.8. The van der Waals surface area contributed by atoms with E-state index in [2.05, 4.69) is 60.6 Å². The van der Waals surface area contributed by atoms with Crippen molar-refractivity contribution in [2.75, 3.05) is 0 Å². The minimum absolute atomic E-state index is 0.113. The molecule has 1 fully saturated rings. The van der Waals surface area contributed by atoms with Gasteiger partial charge in [-0.3, -0.25) is 0 Å². The molecule has 0 bridgehead atoms. The van der Waals surface area contributed by atoms with E-state index in [1.807, 2.05) is 12.1 Å². The smallest absolute Gasteiger partial charge is 0.141 e. The first-order valence-corrected chi connectivity index (χ1v) is 8.74. The number of rotatable bonds is 4. The maximum Gasteiger partial charge on any atom is 0.141 e. The Balaban J connectivity index is 1.59. The topological polar surface area (TPSA) is 30.8 Å². The monoisotopic (exact) mass is 321 g/mol. The quantitative estimate of drug-likeness (QED) is 0.826. The maximum atomic E-state index is 6.38. The van der Waals surface area contributed by atoms with Gasteiger partial charge < -0.3 is 9.57 Å². The number of ether oxygens (including phenoxy) is 1. The van der Waals surface area contributed by atoms with Crippen LogP contribution in [0.5, 0.6) is 0 Å². The van der Waals surface area contributed by atoms with E-state index >= 15 is 0 Å². The fraction of sp³-hybridized carbons (Fsp3) is 0.381. The molecule has 24 heavy (non-hydrogen) atoms. The summed E-state index contributed by atoms with van der Waals surface area (Å²) < 4.78 is 6.38. The number of benzene rings is 2. The summed E-state index contributed by atoms with van der Waals surface area (Å²) in [5.74, 6) is 0. The zero-order valence-electron chi connectivity index (χ0n) is 14.0. The van der Waals surface area contributed by atoms with Crippen LogP contribution in [0.3, 0.4) is 0 Å². The molecule has 3 unspecified atom stereocenters. The van der Waals surface area contributed by atoms with Crippen molar-refractivity contribution >= 4 is 5.71 Å². The third kappa shape index (κ3) is 2.63. The predicted octanol–water partition coefficient (Wildman–Crippen LogP) is 4.57. The Morgan fingerprint density at radius 2 is 1.75 bits per heavy atom. The minimum atomic E-state index is -0.186. The Morgan fingerprint density at radius 3 is 2.50 bits per heavy atom. The largest absolute Gasteiger partial charge is 0.391 e. The summed E-state index contributed by atoms with van der Waals surface area (Å²) in [6.07, 6.45) is 3.45. The standard InChI is InChI=1S/C21H23NO2/c1-21-18(23-15-16-9-4-2-5-10-16)13-8-14-19(21)24-22-20(21)17-11-6-3-7-12-17/h2-7,9-12,18-19H,8,13-15H2,1H3. The van der Waals surface area contributed by atoms with Gasteiger partial charge in [-0.05, 0) is 31.7 Å². The first-order valence-electron chi connectivity index (χ1n) is 8.74. The van der Waals surface area contributed by atoms with Crippen LogP contribution in [0.2, 0.25) is 0 Å². The minimum Gasteiger partial charge on any atom is -0.391 e. The van der Waals surface area contributed by atoms with Gasteiger partial charge in [0.15, 0.2) is 0 Å². The van der Waals surface area contributed by atoms with Crippen LogP contribution in [0.15, 0.2) is 65.8 Å². The van der Waals surface area contributed by atoms with E-state index in [0.29, 0.717) is 6.61 Å². The number of fused-ring (bicyclic) bond motifs is 1. The van der Waals surface area contributed by atoms with E-state index in [9.17, 15) is 0 Å². The molecule has 0 saturated heterocycles. The first kappa shape index (κ1) is 15.4. The van der Waals surface area contributed by atoms with Crippen LogP contribution in [-0.4, -0.2) is 17.9 Å². The van der Waals surface area contributed by atoms with Gasteiger partial charge in [0.25, 0.3) is 0 Å². The highest BCUT2D eigenvalue weighted by Gasteiger charge is 2.54. The Kier molecular flexibility index (Phi) is 4.11. The zero-order valence-corrected chi connectivity index (χ0v) is 14.0. The summed E-state index contributed by atoms with van der Waals surface area (Å²) in [6, 6.07) is 20.7. The molecule has 4 rings (SSSR count). The van der Waals surface area contributed by atoms with Crippen molar-refractivity contribution in [3.8, 4) is 0 Å². The van der Waals surface area contributed by atoms with Crippen molar-refractivity contribution in [1.29, 1.82) is 0 Å². The van der Waals surface area contributed by atoms with E-state index in [0.717, 1.165) is 30.5 Å². The average Bonchev–Trinajstić information content (AvgIpc) is 2.99. The molecule has 1 saturated carbocycles. The molecule has 1 aliphatic heterocycles. The highest BCUT2D eigenvalue weighted by Crippen LogP contribution is 2.46. The van der Waals surface area contributed by atoms with Crippen molar-refractivity contribution in [3.63, 3.8) is 0 Å². The van der Waals surface area contributed by atoms with E-state index in [1.165, 1.54) is 5.56 Å². The van der Waals surface area contributed by atoms with Crippen LogP contribution in [-0.2, 0) is 16.2 Å². The van der Waals surface area contributed by atoms with Gasteiger partial charge in [-0.15, -0.1) is 0 Å². The van der Waals surface area contributed by atoms with Gasteiger partial charge in [0, 0.05) is 5.56 Å². The molecule has 0 N–H and O–H groups in total. The molecule has 0 amide bonds. The summed E-state index contributed by atoms with van der Waals surface area (Å²) >= 11 is 0. The molecule has 2 aromatic rings. The summed E-state index contributed by atoms with van der Waals surface area (Å²) in [7, 11) is 0. The van der Waals surface area contributed by atoms with Gasteiger partial charge in [-0.2, -0.15) is 0 Å². The Bertz CT molecular complexity index is 713. The van der Waals surface area contributed by atoms with Crippen molar-refractivity contribution < 1.29 is 9.57 Å². The summed E-state index contributed by atoms with van der Waals surface area (Å²) in [6.45, 7) is 2.89. The van der Waals surface area contributed by atoms with Crippen LogP contribution in [0, 0.1) is 5.41 Å². The van der Waals surface area contributed by atoms with Crippen molar-refractivity contribution in [2.45, 2.75) is 45.0 Å². The van der Waals surface area contributed by atoms with E-state index in [1.54, 1.807) is 0 Å². The third-order valence-corrected chi connectivity index (χ3v) is 5.39. The lowest BCUT2D eigenvalue weighted by Gasteiger charge is -2.41. The molecular weight excluding hydrogens is 298 g/mol. The summed E-state index contributed by atoms with van der Waals surface area (Å²) in [5, 5.41) is 4.46. The lowest BCUT2D eigenvalue weighted by Crippen LogP contribution is -2.50. The Labute approximate surface area is 143 Å². The SMILES string of the molecule is CC12C(c3ccccc3)=NOC1CCCC2OCc1ccccc1. The highest BCUT2D eigenvalue weighted by atomic mass is 16.6. The fourth-order valence-corrected chi connectivity index (χ4v) is 3.96. The molecule has 2 aliphatic rings. The van der Waals surface area contributed by atoms with Crippen LogP contribution < -0.4 is 0 Å². The maximum absolute atomic E-state index is 6.38. The summed E-state index contributed by atoms with van der Waals surface area (Å²) in [5.41, 5.74) is 3.19. The second-order valence-corrected chi connectivity index (χ2v) is 6.90. The van der Waals surface area contributed by atoms with E-state index in [4.69, 9.17) is 9.57 Å². The number of hydrogen-bond acceptors (Lipinski definition) is 3. The van der Waals surface area contributed by atoms with E-state index < -0.39 is 0 Å². The van der Waals surface area contributed by atoms with Crippen molar-refractivity contribution in [3.05, 3.63) is 71.8 Å². The number of hydrogen-bond donors (Lipinski definition) is 0. The Morgan fingerprint density at radius 1 is 1.04 bits per heavy atom. The molecule has 3 nitrogen and oxygen atoms in total. The van der Waals surface area contributed by atoms with Gasteiger partial charge in [0.1, 0.15) is 6.10 Å². The molecule has 0 radical (unpaired) electrons. The second kappa shape index (κ2) is 6.40. The molecule has 3 atom stereocenters. The average molecular weight is 321 g/mol. The molecule has 1 heterocycles. The molecule has 3 heteroatoms. The van der Waals surface area contributed by atoms with Gasteiger partial charge in [0.05, 0.1) is 23.8 Å². The lowest BCUT2D eigenvalue weighted by molar-refractivity contribution is -0.0972. The van der Waals surface area contributed by atoms with Crippen molar-refractivity contribution in [2.24, 2.45) is 10.6 Å². The van der Waals surface area contributed by atoms with Crippen LogP contribution in [0.25, 0.3) is 0 Å². The van der Waals surface area contributed by atoms with Gasteiger partial charge in [0.2, 0.25) is 0 Å². The van der Waals surface area contributed by atoms with Crippen molar-refractivity contribution in [1.82, 2.24) is 0 Å². The first-order chi connectivity index (χ1) is 11.8. The Hall–Kier alpha value is -2.13. The zero-order chi connectivity index (χ0) is 16.4. The molecule has 124 valence electrons. The van der Waals surface area contributed by atoms with Crippen LogP contribution >= 0.6 is 0 Å². The lowest BCUT2D eigenvalue weighted by atomic mass is 9.67.